The van der Waals surface area contributed by atoms with Crippen molar-refractivity contribution in [3.8, 4) is 0 Å². The maximum Gasteiger partial charge on any atom is 0.338 e. The van der Waals surface area contributed by atoms with Crippen LogP contribution in [0.25, 0.3) is 0 Å². The van der Waals surface area contributed by atoms with Crippen LogP contribution in [0.4, 0.5) is 9.93 Å². The lowest BCUT2D eigenvalue weighted by Gasteiger charge is -2.36. The molecule has 5 aromatic rings. The van der Waals surface area contributed by atoms with Crippen LogP contribution in [0.5, 0.6) is 0 Å². The smallest absolute Gasteiger partial charge is 0.338 e. The number of urea groups is 1. The predicted molar refractivity (Wildman–Crippen MR) is 189 cm³/mol. The standard InChI is InChI=1S/C36H32N6O6S2/c1-24-18-20-28(21-19-24)50(46,47)41-35(45)42-22-29(33(42)44)37-32(43)31(40-48-2)30-23-49-34(38-30)39-36(25-12-6-3-7-13-25,26-14-8-4-9-15-26)27-16-10-5-11-17-27/h3-21,23,29H,22H2,1-2H3,(H,37,43)(H,38,39)(H,41,45). The van der Waals surface area contributed by atoms with Crippen LogP contribution in [0.3, 0.4) is 0 Å². The first-order chi connectivity index (χ1) is 24.1. The Morgan fingerprint density at radius 1 is 0.880 bits per heavy atom. The molecule has 1 atom stereocenters. The van der Waals surface area contributed by atoms with Gasteiger partial charge in [-0.2, -0.15) is 0 Å². The number of rotatable bonds is 11. The largest absolute Gasteiger partial charge is 0.398 e. The fourth-order valence-corrected chi connectivity index (χ4v) is 7.27. The summed E-state index contributed by atoms with van der Waals surface area (Å²) in [6.07, 6.45) is 0. The SMILES string of the molecule is CON=C(C(=O)NC1CN(C(=O)NS(=O)(=O)c2ccc(C)cc2)C1=O)c1csc(NC(c2ccccc2)(c2ccccc2)c2ccccc2)n1. The Hall–Kier alpha value is -5.86. The number of hydrogen-bond donors (Lipinski definition) is 3. The number of imide groups is 1. The van der Waals surface area contributed by atoms with E-state index in [-0.39, 0.29) is 22.8 Å². The molecule has 1 fully saturated rings. The highest BCUT2D eigenvalue weighted by Crippen LogP contribution is 2.40. The molecular formula is C36H32N6O6S2. The van der Waals surface area contributed by atoms with Crippen molar-refractivity contribution in [3.63, 3.8) is 0 Å². The molecule has 1 saturated heterocycles. The van der Waals surface area contributed by atoms with E-state index in [1.165, 1.54) is 30.6 Å². The zero-order valence-electron chi connectivity index (χ0n) is 26.9. The van der Waals surface area contributed by atoms with E-state index >= 15 is 0 Å². The molecule has 0 bridgehead atoms. The first kappa shape index (κ1) is 34.0. The number of thiazole rings is 1. The number of likely N-dealkylation sites (tertiary alicyclic amines) is 1. The van der Waals surface area contributed by atoms with E-state index < -0.39 is 39.4 Å². The Morgan fingerprint density at radius 2 is 1.42 bits per heavy atom. The first-order valence-electron chi connectivity index (χ1n) is 15.4. The number of aryl methyl sites for hydroxylation is 1. The van der Waals surface area contributed by atoms with Crippen LogP contribution in [-0.4, -0.2) is 61.6 Å². The molecule has 1 unspecified atom stereocenters. The fraction of sp³-hybridized carbons (Fsp3) is 0.139. The molecule has 4 amide bonds. The normalized spacial score (nSPS) is 14.8. The molecule has 0 spiro atoms. The number of oxime groups is 1. The number of sulfonamides is 1. The molecule has 1 aliphatic rings. The molecule has 0 saturated carbocycles. The van der Waals surface area contributed by atoms with Gasteiger partial charge >= 0.3 is 6.03 Å². The fourth-order valence-electron chi connectivity index (χ4n) is 5.57. The molecule has 6 rings (SSSR count). The van der Waals surface area contributed by atoms with Crippen molar-refractivity contribution in [2.24, 2.45) is 5.16 Å². The molecule has 4 aromatic carbocycles. The van der Waals surface area contributed by atoms with Crippen molar-refractivity contribution < 1.29 is 27.6 Å². The predicted octanol–water partition coefficient (Wildman–Crippen LogP) is 4.63. The molecule has 50 heavy (non-hydrogen) atoms. The average Bonchev–Trinajstić information content (AvgIpc) is 3.59. The summed E-state index contributed by atoms with van der Waals surface area (Å²) in [5.41, 5.74) is 2.84. The number of anilines is 1. The Bertz CT molecular complexity index is 2040. The highest BCUT2D eigenvalue weighted by atomic mass is 32.2. The summed E-state index contributed by atoms with van der Waals surface area (Å²) in [5, 5.41) is 12.2. The van der Waals surface area contributed by atoms with Gasteiger partial charge in [0.25, 0.3) is 21.8 Å². The number of carbonyl (C=O) groups excluding carboxylic acids is 3. The number of β-lactam (4-membered cyclic amide) rings is 1. The summed E-state index contributed by atoms with van der Waals surface area (Å²) in [7, 11) is -2.94. The number of benzene rings is 4. The van der Waals surface area contributed by atoms with Gasteiger partial charge in [0.15, 0.2) is 10.8 Å². The first-order valence-corrected chi connectivity index (χ1v) is 17.8. The lowest BCUT2D eigenvalue weighted by atomic mass is 9.77. The highest BCUT2D eigenvalue weighted by molar-refractivity contribution is 7.90. The zero-order chi connectivity index (χ0) is 35.3. The molecule has 0 aliphatic carbocycles. The van der Waals surface area contributed by atoms with E-state index in [1.54, 1.807) is 24.4 Å². The van der Waals surface area contributed by atoms with E-state index in [0.29, 0.717) is 10.0 Å². The molecule has 3 N–H and O–H groups in total. The third-order valence-corrected chi connectivity index (χ3v) is 10.2. The molecule has 12 nitrogen and oxygen atoms in total. The van der Waals surface area contributed by atoms with E-state index in [0.717, 1.165) is 22.3 Å². The molecule has 1 aromatic heterocycles. The van der Waals surface area contributed by atoms with Crippen LogP contribution in [0.1, 0.15) is 27.9 Å². The van der Waals surface area contributed by atoms with E-state index in [9.17, 15) is 22.8 Å². The minimum atomic E-state index is -4.21. The van der Waals surface area contributed by atoms with Crippen LogP contribution in [0.2, 0.25) is 0 Å². The van der Waals surface area contributed by atoms with Crippen molar-refractivity contribution in [2.75, 3.05) is 19.0 Å². The van der Waals surface area contributed by atoms with E-state index in [2.05, 4.69) is 15.8 Å². The summed E-state index contributed by atoms with van der Waals surface area (Å²) in [4.78, 5) is 49.2. The third-order valence-electron chi connectivity index (χ3n) is 8.09. The summed E-state index contributed by atoms with van der Waals surface area (Å²) in [5.74, 6) is -1.56. The van der Waals surface area contributed by atoms with Gasteiger partial charge in [0.1, 0.15) is 24.4 Å². The van der Waals surface area contributed by atoms with Gasteiger partial charge in [-0.15, -0.1) is 11.3 Å². The van der Waals surface area contributed by atoms with Crippen molar-refractivity contribution >= 4 is 50.0 Å². The van der Waals surface area contributed by atoms with Crippen molar-refractivity contribution in [2.45, 2.75) is 23.4 Å². The van der Waals surface area contributed by atoms with Gasteiger partial charge < -0.3 is 15.5 Å². The van der Waals surface area contributed by atoms with Gasteiger partial charge in [0.05, 0.1) is 11.4 Å². The Labute approximate surface area is 292 Å². The van der Waals surface area contributed by atoms with Gasteiger partial charge in [0, 0.05) is 5.38 Å². The number of nitrogens with zero attached hydrogens (tertiary/aromatic N) is 3. The van der Waals surface area contributed by atoms with Gasteiger partial charge in [-0.3, -0.25) is 14.5 Å². The Kier molecular flexibility index (Phi) is 9.74. The lowest BCUT2D eigenvalue weighted by molar-refractivity contribution is -0.141. The topological polar surface area (TPSA) is 159 Å². The van der Waals surface area contributed by atoms with Crippen LogP contribution in [-0.2, 0) is 30.0 Å². The molecule has 1 aliphatic heterocycles. The van der Waals surface area contributed by atoms with Gasteiger partial charge in [-0.1, -0.05) is 114 Å². The minimum absolute atomic E-state index is 0.125. The van der Waals surface area contributed by atoms with Crippen LogP contribution < -0.4 is 15.4 Å². The van der Waals surface area contributed by atoms with Gasteiger partial charge in [-0.25, -0.2) is 22.9 Å². The maximum atomic E-state index is 13.4. The summed E-state index contributed by atoms with van der Waals surface area (Å²) >= 11 is 1.26. The molecule has 14 heteroatoms. The second-order valence-corrected chi connectivity index (χ2v) is 13.9. The minimum Gasteiger partial charge on any atom is -0.398 e. The monoisotopic (exact) mass is 708 g/mol. The van der Waals surface area contributed by atoms with Crippen molar-refractivity contribution in [3.05, 3.63) is 149 Å². The lowest BCUT2D eigenvalue weighted by Crippen LogP contribution is -2.67. The summed E-state index contributed by atoms with van der Waals surface area (Å²) in [6.45, 7) is 1.54. The van der Waals surface area contributed by atoms with Crippen molar-refractivity contribution in [1.82, 2.24) is 19.9 Å². The van der Waals surface area contributed by atoms with E-state index in [1.807, 2.05) is 95.7 Å². The second kappa shape index (κ2) is 14.3. The Balaban J connectivity index is 1.20. The van der Waals surface area contributed by atoms with Crippen LogP contribution in [0.15, 0.2) is 131 Å². The Morgan fingerprint density at radius 3 is 1.92 bits per heavy atom. The molecule has 254 valence electrons. The third kappa shape index (κ3) is 6.84. The van der Waals surface area contributed by atoms with E-state index in [4.69, 9.17) is 9.82 Å². The number of hydrogen-bond acceptors (Lipinski definition) is 10. The zero-order valence-corrected chi connectivity index (χ0v) is 28.6. The number of aromatic nitrogens is 1. The van der Waals surface area contributed by atoms with Crippen molar-refractivity contribution in [1.29, 1.82) is 0 Å². The average molecular weight is 709 g/mol. The number of carbonyl (C=O) groups is 3. The van der Waals surface area contributed by atoms with Crippen LogP contribution >= 0.6 is 11.3 Å². The highest BCUT2D eigenvalue weighted by Gasteiger charge is 2.44. The maximum absolute atomic E-state index is 13.4. The number of amides is 4. The van der Waals surface area contributed by atoms with Gasteiger partial charge in [-0.05, 0) is 35.7 Å². The van der Waals surface area contributed by atoms with Crippen LogP contribution in [0, 0.1) is 6.92 Å². The number of nitrogens with one attached hydrogen (secondary N) is 3. The van der Waals surface area contributed by atoms with Gasteiger partial charge in [0.2, 0.25) is 0 Å². The second-order valence-electron chi connectivity index (χ2n) is 11.3. The molecule has 2 heterocycles. The molecule has 0 radical (unpaired) electrons. The summed E-state index contributed by atoms with van der Waals surface area (Å²) in [6, 6.07) is 33.5. The quantitative estimate of drug-likeness (QED) is 0.0776. The molecular weight excluding hydrogens is 677 g/mol. The summed E-state index contributed by atoms with van der Waals surface area (Å²) < 4.78 is 27.2.